The summed E-state index contributed by atoms with van der Waals surface area (Å²) in [7, 11) is 1.77. The summed E-state index contributed by atoms with van der Waals surface area (Å²) in [5, 5.41) is 20.3. The number of nitriles is 1. The molecule has 0 aliphatic heterocycles. The summed E-state index contributed by atoms with van der Waals surface area (Å²) < 4.78 is 16.2. The van der Waals surface area contributed by atoms with Crippen LogP contribution in [0.4, 0.5) is 4.39 Å². The molecule has 1 aromatic carbocycles. The number of aryl methyl sites for hydroxylation is 2. The van der Waals surface area contributed by atoms with Gasteiger partial charge < -0.3 is 20.5 Å². The molecule has 0 amide bonds. The van der Waals surface area contributed by atoms with Gasteiger partial charge in [-0.3, -0.25) is 0 Å². The summed E-state index contributed by atoms with van der Waals surface area (Å²) >= 11 is 0. The van der Waals surface area contributed by atoms with Gasteiger partial charge in [-0.1, -0.05) is 103 Å². The van der Waals surface area contributed by atoms with Crippen LogP contribution in [0.15, 0.2) is 109 Å². The fourth-order valence-corrected chi connectivity index (χ4v) is 5.59. The van der Waals surface area contributed by atoms with Gasteiger partial charge in [-0.15, -0.1) is 12.8 Å². The molecule has 0 radical (unpaired) electrons. The van der Waals surface area contributed by atoms with E-state index in [0.717, 1.165) is 57.5 Å². The van der Waals surface area contributed by atoms with Crippen LogP contribution in [-0.2, 0) is 7.05 Å². The van der Waals surface area contributed by atoms with Gasteiger partial charge in [-0.25, -0.2) is 14.4 Å². The van der Waals surface area contributed by atoms with Crippen LogP contribution < -0.4 is 16.0 Å². The molecule has 0 fully saturated rings. The Morgan fingerprint density at radius 2 is 1.71 bits per heavy atom. The van der Waals surface area contributed by atoms with E-state index in [4.69, 9.17) is 4.98 Å². The molecule has 55 heavy (non-hydrogen) atoms. The largest absolute Gasteiger partial charge is 0.380 e. The minimum absolute atomic E-state index is 0. The summed E-state index contributed by atoms with van der Waals surface area (Å²) in [4.78, 5) is 9.24. The average Bonchev–Trinajstić information content (AvgIpc) is 3.23. The van der Waals surface area contributed by atoms with Crippen LogP contribution >= 0.6 is 0 Å². The van der Waals surface area contributed by atoms with Gasteiger partial charge in [0.2, 0.25) is 5.82 Å². The number of nitrogens with one attached hydrogen (secondary N) is 3. The maximum Gasteiger partial charge on any atom is 0.212 e. The van der Waals surface area contributed by atoms with Crippen LogP contribution in [0.5, 0.6) is 0 Å². The van der Waals surface area contributed by atoms with Crippen molar-refractivity contribution in [3.63, 3.8) is 0 Å². The van der Waals surface area contributed by atoms with Crippen molar-refractivity contribution in [3.05, 3.63) is 148 Å². The first kappa shape index (κ1) is 49.1. The number of halogens is 1. The fraction of sp³-hybridized carbons (Fsp3) is 0.340. The lowest BCUT2D eigenvalue weighted by molar-refractivity contribution is 0.571. The normalized spacial score (nSPS) is 12.7. The first-order valence-electron chi connectivity index (χ1n) is 18.2. The van der Waals surface area contributed by atoms with Crippen LogP contribution in [0, 0.1) is 38.0 Å². The van der Waals surface area contributed by atoms with Crippen molar-refractivity contribution in [1.29, 1.82) is 5.26 Å². The topological polar surface area (TPSA) is 90.6 Å². The third kappa shape index (κ3) is 13.8. The van der Waals surface area contributed by atoms with Gasteiger partial charge in [-0.2, -0.15) is 5.26 Å². The molecule has 0 bridgehead atoms. The highest BCUT2D eigenvalue weighted by Gasteiger charge is 2.22. The van der Waals surface area contributed by atoms with Crippen molar-refractivity contribution in [2.75, 3.05) is 13.1 Å². The maximum atomic E-state index is 14.5. The summed E-state index contributed by atoms with van der Waals surface area (Å²) in [6.07, 6.45) is 15.8. The van der Waals surface area contributed by atoms with Crippen molar-refractivity contribution in [1.82, 2.24) is 30.5 Å². The molecule has 3 N–H and O–H groups in total. The second-order valence-electron chi connectivity index (χ2n) is 12.7. The molecular formula is C47H64FN7. The van der Waals surface area contributed by atoms with E-state index in [9.17, 15) is 9.65 Å². The Kier molecular flexibility index (Phi) is 21.8. The van der Waals surface area contributed by atoms with E-state index in [-0.39, 0.29) is 25.1 Å². The van der Waals surface area contributed by atoms with Gasteiger partial charge in [0.25, 0.3) is 0 Å². The smallest absolute Gasteiger partial charge is 0.212 e. The van der Waals surface area contributed by atoms with Crippen LogP contribution in [0.25, 0.3) is 17.5 Å². The molecule has 3 rings (SSSR count). The zero-order valence-corrected chi connectivity index (χ0v) is 34.0. The lowest BCUT2D eigenvalue weighted by atomic mass is 9.85. The van der Waals surface area contributed by atoms with Crippen LogP contribution in [-0.4, -0.2) is 27.6 Å². The van der Waals surface area contributed by atoms with E-state index in [1.54, 1.807) is 17.8 Å². The van der Waals surface area contributed by atoms with Crippen molar-refractivity contribution >= 4 is 17.5 Å². The number of hydrogen-bond donors (Lipinski definition) is 3. The average molecular weight is 746 g/mol. The molecule has 2 aromatic rings. The zero-order valence-electron chi connectivity index (χ0n) is 34.0. The molecule has 1 aliphatic carbocycles. The quantitative estimate of drug-likeness (QED) is 0.117. The van der Waals surface area contributed by atoms with Gasteiger partial charge >= 0.3 is 0 Å². The maximum absolute atomic E-state index is 14.5. The summed E-state index contributed by atoms with van der Waals surface area (Å²) in [6.45, 7) is 37.0. The first-order chi connectivity index (χ1) is 25.7. The molecular weight excluding hydrogens is 682 g/mol. The van der Waals surface area contributed by atoms with Crippen LogP contribution in [0.3, 0.4) is 0 Å². The van der Waals surface area contributed by atoms with E-state index in [0.29, 0.717) is 53.6 Å². The Labute approximate surface area is 332 Å². The minimum atomic E-state index is -0.212. The fourth-order valence-electron chi connectivity index (χ4n) is 5.59. The first-order valence-corrected chi connectivity index (χ1v) is 18.2. The van der Waals surface area contributed by atoms with E-state index in [1.165, 1.54) is 6.92 Å². The molecule has 8 heteroatoms. The van der Waals surface area contributed by atoms with Gasteiger partial charge in [0, 0.05) is 25.8 Å². The molecule has 294 valence electrons. The summed E-state index contributed by atoms with van der Waals surface area (Å²) in [5.74, 6) is -0.0254. The highest BCUT2D eigenvalue weighted by atomic mass is 19.1. The Bertz CT molecular complexity index is 1940. The zero-order chi connectivity index (χ0) is 41.1. The van der Waals surface area contributed by atoms with E-state index in [1.807, 2.05) is 52.8 Å². The van der Waals surface area contributed by atoms with Crippen molar-refractivity contribution in [2.24, 2.45) is 7.05 Å². The van der Waals surface area contributed by atoms with Gasteiger partial charge in [0.1, 0.15) is 6.07 Å². The SMILES string of the molecule is C.C#C.C=Cc1ccc([C@H](CCC)NC(=C)c2cc(C(=C)NC/C(C)=C/C/C(CNC3=C(C)C(=C)C3=C)=C(\C)F)n(C)c(C#N)ncc(C)n2)cc1C.CC. The number of hydrogen-bond acceptors (Lipinski definition) is 6. The Morgan fingerprint density at radius 1 is 1.05 bits per heavy atom. The second kappa shape index (κ2) is 24.5. The van der Waals surface area contributed by atoms with Crippen LogP contribution in [0.2, 0.25) is 0 Å². The molecule has 7 nitrogen and oxygen atoms in total. The lowest BCUT2D eigenvalue weighted by Crippen LogP contribution is -2.26. The number of allylic oxidation sites excluding steroid dienone is 4. The van der Waals surface area contributed by atoms with Crippen LogP contribution in [0.1, 0.15) is 114 Å². The Balaban J connectivity index is 0.00000564. The Morgan fingerprint density at radius 3 is 2.25 bits per heavy atom. The van der Waals surface area contributed by atoms with Crippen molar-refractivity contribution in [2.45, 2.75) is 88.1 Å². The highest BCUT2D eigenvalue weighted by molar-refractivity contribution is 5.66. The summed E-state index contributed by atoms with van der Waals surface area (Å²) in [6, 6.07) is 10.5. The lowest BCUT2D eigenvalue weighted by Gasteiger charge is -2.28. The third-order valence-electron chi connectivity index (χ3n) is 8.92. The summed E-state index contributed by atoms with van der Waals surface area (Å²) in [5.41, 5.74) is 11.9. The van der Waals surface area contributed by atoms with Gasteiger partial charge in [0.15, 0.2) is 0 Å². The van der Waals surface area contributed by atoms with E-state index < -0.39 is 0 Å². The van der Waals surface area contributed by atoms with Crippen molar-refractivity contribution < 1.29 is 4.39 Å². The van der Waals surface area contributed by atoms with Gasteiger partial charge in [0.05, 0.1) is 46.5 Å². The Hall–Kier alpha value is -5.86. The number of terminal acetylenes is 1. The standard InChI is InChI=1S/C42H52FN7.C2H6.C2H2.CH4/c1-13-15-38(36-19-18-35(14-2)27(4)20-36)49-33(10)39-21-40(50(12)41(22-44)46-24-28(5)48-39)34(11)45-23-26(3)16-17-37(32(9)43)25-47-42-30(7)29(6)31(42)8;2*1-2;/h14,16,18-21,24,38,45,47,49H,2,6-7,10-11,13,15,17,23,25H2,1,3-5,8-9,12H3;1-2H3;1-2H;1H4/b26-16+,28-24?,37-32-,40-21?,46-41?,48-39?;;;/t38-;;;/m0.../s1. The minimum Gasteiger partial charge on any atom is -0.380 e. The second-order valence-corrected chi connectivity index (χ2v) is 12.7. The van der Waals surface area contributed by atoms with Crippen molar-refractivity contribution in [3.8, 4) is 18.9 Å². The van der Waals surface area contributed by atoms with E-state index >= 15 is 0 Å². The molecule has 0 spiro atoms. The number of rotatable bonds is 16. The molecule has 0 unspecified atom stereocenters. The number of nitrogens with zero attached hydrogens (tertiary/aromatic N) is 4. The molecule has 1 atom stereocenters. The molecule has 0 saturated heterocycles. The van der Waals surface area contributed by atoms with E-state index in [2.05, 4.69) is 105 Å². The molecule has 1 heterocycles. The monoisotopic (exact) mass is 746 g/mol. The number of benzene rings is 1. The van der Waals surface area contributed by atoms with Gasteiger partial charge in [-0.05, 0) is 92.5 Å². The molecule has 1 aliphatic rings. The highest BCUT2D eigenvalue weighted by Crippen LogP contribution is 2.35. The predicted octanol–water partition coefficient (Wildman–Crippen LogP) is 11.2. The molecule has 0 saturated carbocycles. The number of aromatic nitrogens is 3. The predicted molar refractivity (Wildman–Crippen MR) is 235 cm³/mol. The third-order valence-corrected chi connectivity index (χ3v) is 8.92. The molecule has 1 aromatic heterocycles.